The Balaban J connectivity index is 1.33. The summed E-state index contributed by atoms with van der Waals surface area (Å²) in [5.41, 5.74) is 8.77. The van der Waals surface area contributed by atoms with Crippen LogP contribution in [0.4, 0.5) is 4.79 Å². The number of piperidine rings is 1. The average Bonchev–Trinajstić information content (AvgIpc) is 2.90. The topological polar surface area (TPSA) is 82.8 Å². The molecule has 3 heterocycles. The standard InChI is InChI=1S/C29H34ClN5O2/c1-20-19-34(16-17-35(20)27(36)18-21-11-14-33(15-12-21)29(31)37)28(22-7-9-23(30)10-8-22)25-4-2-6-26-24(25)5-3-13-32-26/h2-10,13,20-21,28H,11-12,14-19H2,1H3,(H2,31,37). The van der Waals surface area contributed by atoms with Crippen molar-refractivity contribution in [1.82, 2.24) is 19.7 Å². The molecule has 194 valence electrons. The van der Waals surface area contributed by atoms with E-state index in [-0.39, 0.29) is 24.0 Å². The molecule has 2 atom stereocenters. The largest absolute Gasteiger partial charge is 0.351 e. The molecule has 0 saturated carbocycles. The van der Waals surface area contributed by atoms with E-state index in [1.165, 1.54) is 11.1 Å². The SMILES string of the molecule is CC1CN(C(c2ccc(Cl)cc2)c2cccc3ncccc23)CCN1C(=O)CC1CCN(C(N)=O)CC1. The summed E-state index contributed by atoms with van der Waals surface area (Å²) in [6.45, 7) is 5.66. The van der Waals surface area contributed by atoms with Gasteiger partial charge in [0.25, 0.3) is 0 Å². The molecule has 3 amide bonds. The maximum atomic E-state index is 13.3. The van der Waals surface area contributed by atoms with E-state index < -0.39 is 0 Å². The van der Waals surface area contributed by atoms with Crippen LogP contribution in [0.1, 0.15) is 43.4 Å². The van der Waals surface area contributed by atoms with Crippen LogP contribution in [0.25, 0.3) is 10.9 Å². The summed E-state index contributed by atoms with van der Waals surface area (Å²) >= 11 is 6.23. The van der Waals surface area contributed by atoms with Gasteiger partial charge in [0.1, 0.15) is 0 Å². The molecule has 0 aliphatic carbocycles. The van der Waals surface area contributed by atoms with Crippen LogP contribution < -0.4 is 5.73 Å². The summed E-state index contributed by atoms with van der Waals surface area (Å²) < 4.78 is 0. The lowest BCUT2D eigenvalue weighted by Crippen LogP contribution is -2.55. The fourth-order valence-electron chi connectivity index (χ4n) is 5.91. The fourth-order valence-corrected chi connectivity index (χ4v) is 6.04. The van der Waals surface area contributed by atoms with Gasteiger partial charge in [-0.2, -0.15) is 0 Å². The van der Waals surface area contributed by atoms with E-state index in [1.54, 1.807) is 4.90 Å². The number of aromatic nitrogens is 1. The number of carbonyl (C=O) groups excluding carboxylic acids is 2. The zero-order valence-electron chi connectivity index (χ0n) is 21.2. The van der Waals surface area contributed by atoms with Gasteiger partial charge in [0.15, 0.2) is 0 Å². The predicted molar refractivity (Wildman–Crippen MR) is 146 cm³/mol. The van der Waals surface area contributed by atoms with Crippen molar-refractivity contribution < 1.29 is 9.59 Å². The number of amides is 3. The summed E-state index contributed by atoms with van der Waals surface area (Å²) in [6.07, 6.45) is 4.02. The highest BCUT2D eigenvalue weighted by atomic mass is 35.5. The summed E-state index contributed by atoms with van der Waals surface area (Å²) in [5, 5.41) is 1.85. The second-order valence-corrected chi connectivity index (χ2v) is 10.7. The van der Waals surface area contributed by atoms with Crippen molar-refractivity contribution in [2.24, 2.45) is 11.7 Å². The number of piperazine rings is 1. The molecule has 7 nitrogen and oxygen atoms in total. The Bertz CT molecular complexity index is 1250. The number of halogens is 1. The number of rotatable bonds is 5. The zero-order chi connectivity index (χ0) is 25.9. The molecule has 0 bridgehead atoms. The molecule has 0 spiro atoms. The number of hydrogen-bond acceptors (Lipinski definition) is 4. The molecule has 2 aliphatic rings. The van der Waals surface area contributed by atoms with Crippen molar-refractivity contribution in [3.63, 3.8) is 0 Å². The monoisotopic (exact) mass is 519 g/mol. The normalized spacial score (nSPS) is 20.2. The first kappa shape index (κ1) is 25.5. The third-order valence-corrected chi connectivity index (χ3v) is 8.15. The molecule has 8 heteroatoms. The van der Waals surface area contributed by atoms with Crippen molar-refractivity contribution in [3.8, 4) is 0 Å². The van der Waals surface area contributed by atoms with Gasteiger partial charge >= 0.3 is 6.03 Å². The van der Waals surface area contributed by atoms with Crippen LogP contribution in [0.2, 0.25) is 5.02 Å². The molecule has 2 aromatic carbocycles. The highest BCUT2D eigenvalue weighted by Gasteiger charge is 2.34. The van der Waals surface area contributed by atoms with Crippen LogP contribution in [0, 0.1) is 5.92 Å². The van der Waals surface area contributed by atoms with Crippen molar-refractivity contribution in [2.75, 3.05) is 32.7 Å². The molecule has 3 aromatic rings. The zero-order valence-corrected chi connectivity index (χ0v) is 22.0. The number of urea groups is 1. The van der Waals surface area contributed by atoms with Crippen molar-refractivity contribution in [1.29, 1.82) is 0 Å². The second kappa shape index (κ2) is 11.1. The Hall–Kier alpha value is -3.16. The van der Waals surface area contributed by atoms with Gasteiger partial charge in [-0.25, -0.2) is 4.79 Å². The highest BCUT2D eigenvalue weighted by Crippen LogP contribution is 2.35. The van der Waals surface area contributed by atoms with Crippen LogP contribution in [-0.4, -0.2) is 70.4 Å². The number of primary amides is 1. The minimum atomic E-state index is -0.369. The lowest BCUT2D eigenvalue weighted by atomic mass is 9.91. The van der Waals surface area contributed by atoms with Crippen LogP contribution in [0.15, 0.2) is 60.8 Å². The number of likely N-dealkylation sites (tertiary alicyclic amines) is 1. The lowest BCUT2D eigenvalue weighted by molar-refractivity contribution is -0.137. The minimum Gasteiger partial charge on any atom is -0.351 e. The Labute approximate surface area is 223 Å². The van der Waals surface area contributed by atoms with E-state index in [1.807, 2.05) is 35.4 Å². The number of pyridine rings is 1. The Morgan fingerprint density at radius 1 is 1.03 bits per heavy atom. The molecule has 0 radical (unpaired) electrons. The molecule has 5 rings (SSSR count). The van der Waals surface area contributed by atoms with Crippen LogP contribution >= 0.6 is 11.6 Å². The van der Waals surface area contributed by atoms with Crippen LogP contribution in [0.5, 0.6) is 0 Å². The number of fused-ring (bicyclic) bond motifs is 1. The quantitative estimate of drug-likeness (QED) is 0.530. The first-order valence-corrected chi connectivity index (χ1v) is 13.5. The molecule has 1 aromatic heterocycles. The third kappa shape index (κ3) is 5.58. The Kier molecular flexibility index (Phi) is 7.63. The van der Waals surface area contributed by atoms with Gasteiger partial charge in [-0.05, 0) is 61.1 Å². The highest BCUT2D eigenvalue weighted by molar-refractivity contribution is 6.30. The van der Waals surface area contributed by atoms with E-state index in [9.17, 15) is 9.59 Å². The molecule has 2 aliphatic heterocycles. The lowest BCUT2D eigenvalue weighted by Gasteiger charge is -2.44. The predicted octanol–water partition coefficient (Wildman–Crippen LogP) is 4.69. The minimum absolute atomic E-state index is 0.0306. The van der Waals surface area contributed by atoms with Crippen molar-refractivity contribution in [2.45, 2.75) is 38.3 Å². The number of nitrogens with two attached hydrogens (primary N) is 1. The summed E-state index contributed by atoms with van der Waals surface area (Å²) in [7, 11) is 0. The Morgan fingerprint density at radius 2 is 1.78 bits per heavy atom. The summed E-state index contributed by atoms with van der Waals surface area (Å²) in [5.74, 6) is 0.514. The maximum Gasteiger partial charge on any atom is 0.314 e. The van der Waals surface area contributed by atoms with Gasteiger partial charge in [-0.15, -0.1) is 0 Å². The van der Waals surface area contributed by atoms with E-state index in [4.69, 9.17) is 17.3 Å². The molecule has 2 N–H and O–H groups in total. The summed E-state index contributed by atoms with van der Waals surface area (Å²) in [4.78, 5) is 35.5. The molecular weight excluding hydrogens is 486 g/mol. The average molecular weight is 520 g/mol. The number of carbonyl (C=O) groups is 2. The van der Waals surface area contributed by atoms with Gasteiger partial charge in [0, 0.05) is 61.8 Å². The first-order chi connectivity index (χ1) is 17.9. The number of benzene rings is 2. The Morgan fingerprint density at radius 3 is 2.49 bits per heavy atom. The molecule has 37 heavy (non-hydrogen) atoms. The smallest absolute Gasteiger partial charge is 0.314 e. The fraction of sp³-hybridized carbons (Fsp3) is 0.414. The van der Waals surface area contributed by atoms with Crippen LogP contribution in [-0.2, 0) is 4.79 Å². The molecular formula is C29H34ClN5O2. The van der Waals surface area contributed by atoms with Gasteiger partial charge < -0.3 is 15.5 Å². The van der Waals surface area contributed by atoms with Gasteiger partial charge in [0.2, 0.25) is 5.91 Å². The van der Waals surface area contributed by atoms with Gasteiger partial charge in [-0.3, -0.25) is 14.7 Å². The van der Waals surface area contributed by atoms with Crippen molar-refractivity contribution >= 4 is 34.4 Å². The van der Waals surface area contributed by atoms with Gasteiger partial charge in [-0.1, -0.05) is 41.9 Å². The van der Waals surface area contributed by atoms with E-state index in [2.05, 4.69) is 47.1 Å². The van der Waals surface area contributed by atoms with E-state index in [0.29, 0.717) is 37.0 Å². The van der Waals surface area contributed by atoms with E-state index in [0.717, 1.165) is 36.8 Å². The number of hydrogen-bond donors (Lipinski definition) is 1. The second-order valence-electron chi connectivity index (χ2n) is 10.3. The first-order valence-electron chi connectivity index (χ1n) is 13.1. The van der Waals surface area contributed by atoms with E-state index >= 15 is 0 Å². The van der Waals surface area contributed by atoms with Crippen molar-refractivity contribution in [3.05, 3.63) is 76.9 Å². The maximum absolute atomic E-state index is 13.3. The van der Waals surface area contributed by atoms with Gasteiger partial charge in [0.05, 0.1) is 11.6 Å². The number of nitrogens with zero attached hydrogens (tertiary/aromatic N) is 4. The molecule has 2 unspecified atom stereocenters. The molecule has 2 saturated heterocycles. The third-order valence-electron chi connectivity index (χ3n) is 7.89. The van der Waals surface area contributed by atoms with Crippen LogP contribution in [0.3, 0.4) is 0 Å². The molecule has 2 fully saturated rings. The summed E-state index contributed by atoms with van der Waals surface area (Å²) in [6, 6.07) is 18.3.